The van der Waals surface area contributed by atoms with Gasteiger partial charge in [0.1, 0.15) is 5.75 Å². The summed E-state index contributed by atoms with van der Waals surface area (Å²) in [5.41, 5.74) is 4.47. The van der Waals surface area contributed by atoms with Crippen molar-refractivity contribution in [1.82, 2.24) is 9.55 Å². The number of aromatic nitrogens is 2. The van der Waals surface area contributed by atoms with E-state index in [1.54, 1.807) is 29.9 Å². The van der Waals surface area contributed by atoms with Crippen LogP contribution >= 0.6 is 23.4 Å². The Morgan fingerprint density at radius 3 is 2.71 bits per heavy atom. The van der Waals surface area contributed by atoms with Crippen molar-refractivity contribution in [3.05, 3.63) is 69.0 Å². The van der Waals surface area contributed by atoms with Gasteiger partial charge in [0.05, 0.1) is 29.1 Å². The predicted octanol–water partition coefficient (Wildman–Crippen LogP) is 5.69. The molecule has 1 heterocycles. The Balaban J connectivity index is 1.46. The van der Waals surface area contributed by atoms with Gasteiger partial charge in [0.25, 0.3) is 5.56 Å². The highest BCUT2D eigenvalue weighted by atomic mass is 35.5. The number of halogens is 1. The van der Waals surface area contributed by atoms with Crippen LogP contribution in [0.4, 0.5) is 5.69 Å². The molecule has 0 aliphatic heterocycles. The Morgan fingerprint density at radius 2 is 2.00 bits per heavy atom. The lowest BCUT2D eigenvalue weighted by Gasteiger charge is -2.36. The van der Waals surface area contributed by atoms with Gasteiger partial charge in [-0.1, -0.05) is 60.5 Å². The molecule has 0 atom stereocenters. The molecule has 1 saturated carbocycles. The molecule has 0 unspecified atom stereocenters. The number of amides is 1. The number of fused-ring (bicyclic) bond motifs is 4. The number of nitrogens with one attached hydrogen (secondary N) is 1. The van der Waals surface area contributed by atoms with E-state index in [9.17, 15) is 9.59 Å². The monoisotopic (exact) mass is 509 g/mol. The summed E-state index contributed by atoms with van der Waals surface area (Å²) in [5.74, 6) is 0.477. The van der Waals surface area contributed by atoms with Crippen LogP contribution in [0.3, 0.4) is 0 Å². The number of methoxy groups -OCH3 is 1. The van der Waals surface area contributed by atoms with Crippen LogP contribution in [0.1, 0.15) is 43.7 Å². The molecule has 1 aromatic heterocycles. The first kappa shape index (κ1) is 23.9. The van der Waals surface area contributed by atoms with Gasteiger partial charge in [0, 0.05) is 23.2 Å². The van der Waals surface area contributed by atoms with Gasteiger partial charge in [-0.3, -0.25) is 14.2 Å². The minimum absolute atomic E-state index is 0.0405. The fourth-order valence-corrected chi connectivity index (χ4v) is 6.62. The van der Waals surface area contributed by atoms with Crippen LogP contribution in [0, 0.1) is 0 Å². The van der Waals surface area contributed by atoms with E-state index in [2.05, 4.69) is 23.5 Å². The average molecular weight is 510 g/mol. The molecule has 2 aliphatic rings. The molecule has 0 saturated heterocycles. The standard InChI is InChI=1S/C27H28ClN3O3S/c1-3-31-25(33)23-24(19-9-5-4-8-17(19)15-27(23)12-6-7-13-27)30-26(31)35-16-22(32)29-18-10-11-21(34-2)20(28)14-18/h4-5,8-11,14H,3,6-7,12-13,15-16H2,1-2H3,(H,29,32). The average Bonchev–Trinajstić information content (AvgIpc) is 3.31. The van der Waals surface area contributed by atoms with Crippen LogP contribution < -0.4 is 15.6 Å². The number of hydrogen-bond donors (Lipinski definition) is 1. The van der Waals surface area contributed by atoms with Crippen molar-refractivity contribution in [2.45, 2.75) is 56.1 Å². The van der Waals surface area contributed by atoms with Crippen LogP contribution in [0.15, 0.2) is 52.4 Å². The number of hydrogen-bond acceptors (Lipinski definition) is 5. The summed E-state index contributed by atoms with van der Waals surface area (Å²) in [6, 6.07) is 13.4. The second-order valence-electron chi connectivity index (χ2n) is 9.17. The molecule has 1 fully saturated rings. The van der Waals surface area contributed by atoms with E-state index >= 15 is 0 Å². The zero-order valence-electron chi connectivity index (χ0n) is 19.9. The third kappa shape index (κ3) is 4.36. The summed E-state index contributed by atoms with van der Waals surface area (Å²) in [4.78, 5) is 31.6. The fourth-order valence-electron chi connectivity index (χ4n) is 5.51. The van der Waals surface area contributed by atoms with E-state index in [4.69, 9.17) is 21.3 Å². The zero-order valence-corrected chi connectivity index (χ0v) is 21.5. The molecule has 3 aromatic rings. The molecule has 0 bridgehead atoms. The van der Waals surface area contributed by atoms with Crippen molar-refractivity contribution in [2.75, 3.05) is 18.2 Å². The smallest absolute Gasteiger partial charge is 0.258 e. The lowest BCUT2D eigenvalue weighted by atomic mass is 9.68. The molecule has 2 aliphatic carbocycles. The normalized spacial score (nSPS) is 15.5. The van der Waals surface area contributed by atoms with E-state index in [1.165, 1.54) is 17.3 Å². The van der Waals surface area contributed by atoms with Crippen LogP contribution in [-0.4, -0.2) is 28.3 Å². The largest absolute Gasteiger partial charge is 0.495 e. The number of ether oxygens (including phenoxy) is 1. The van der Waals surface area contributed by atoms with Crippen molar-refractivity contribution in [3.63, 3.8) is 0 Å². The lowest BCUT2D eigenvalue weighted by molar-refractivity contribution is -0.113. The number of carbonyl (C=O) groups excluding carboxylic acids is 1. The molecule has 0 radical (unpaired) electrons. The van der Waals surface area contributed by atoms with E-state index in [0.29, 0.717) is 28.2 Å². The topological polar surface area (TPSA) is 73.2 Å². The highest BCUT2D eigenvalue weighted by molar-refractivity contribution is 7.99. The van der Waals surface area contributed by atoms with E-state index < -0.39 is 0 Å². The third-order valence-electron chi connectivity index (χ3n) is 7.11. The Labute approximate surface area is 214 Å². The summed E-state index contributed by atoms with van der Waals surface area (Å²) in [6.07, 6.45) is 5.22. The Kier molecular flexibility index (Phi) is 6.64. The second-order valence-corrected chi connectivity index (χ2v) is 10.5. The predicted molar refractivity (Wildman–Crippen MR) is 141 cm³/mol. The molecule has 6 nitrogen and oxygen atoms in total. The highest BCUT2D eigenvalue weighted by Crippen LogP contribution is 2.49. The maximum Gasteiger partial charge on any atom is 0.258 e. The Morgan fingerprint density at radius 1 is 1.23 bits per heavy atom. The number of anilines is 1. The number of rotatable bonds is 6. The van der Waals surface area contributed by atoms with Crippen molar-refractivity contribution in [3.8, 4) is 17.0 Å². The van der Waals surface area contributed by atoms with E-state index in [0.717, 1.165) is 48.9 Å². The van der Waals surface area contributed by atoms with E-state index in [1.807, 2.05) is 13.0 Å². The molecule has 1 spiro atoms. The van der Waals surface area contributed by atoms with Crippen LogP contribution in [0.25, 0.3) is 11.3 Å². The highest BCUT2D eigenvalue weighted by Gasteiger charge is 2.44. The fraction of sp³-hybridized carbons (Fsp3) is 0.370. The zero-order chi connectivity index (χ0) is 24.6. The first-order valence-corrected chi connectivity index (χ1v) is 13.3. The van der Waals surface area contributed by atoms with Crippen molar-refractivity contribution >= 4 is 35.0 Å². The maximum atomic E-state index is 13.9. The van der Waals surface area contributed by atoms with Gasteiger partial charge in [0.15, 0.2) is 5.16 Å². The van der Waals surface area contributed by atoms with Crippen LogP contribution in [-0.2, 0) is 23.2 Å². The molecule has 8 heteroatoms. The van der Waals surface area contributed by atoms with Gasteiger partial charge in [-0.2, -0.15) is 0 Å². The quantitative estimate of drug-likeness (QED) is 0.341. The number of nitrogens with zero attached hydrogens (tertiary/aromatic N) is 2. The van der Waals surface area contributed by atoms with Gasteiger partial charge in [-0.05, 0) is 49.9 Å². The number of benzene rings is 2. The molecule has 1 N–H and O–H groups in total. The minimum atomic E-state index is -0.196. The first-order chi connectivity index (χ1) is 17.0. The molecule has 35 heavy (non-hydrogen) atoms. The third-order valence-corrected chi connectivity index (χ3v) is 8.38. The molecular formula is C27H28ClN3O3S. The van der Waals surface area contributed by atoms with Gasteiger partial charge < -0.3 is 10.1 Å². The summed E-state index contributed by atoms with van der Waals surface area (Å²) in [5, 5.41) is 3.86. The molecule has 2 aromatic carbocycles. The van der Waals surface area contributed by atoms with Gasteiger partial charge in [-0.25, -0.2) is 4.98 Å². The first-order valence-electron chi connectivity index (χ1n) is 12.0. The molecule has 1 amide bonds. The van der Waals surface area contributed by atoms with Crippen molar-refractivity contribution < 1.29 is 9.53 Å². The summed E-state index contributed by atoms with van der Waals surface area (Å²) in [7, 11) is 1.54. The van der Waals surface area contributed by atoms with Gasteiger partial charge in [-0.15, -0.1) is 0 Å². The molecular weight excluding hydrogens is 482 g/mol. The number of thioether (sulfide) groups is 1. The molecule has 5 rings (SSSR count). The van der Waals surface area contributed by atoms with E-state index in [-0.39, 0.29) is 22.6 Å². The van der Waals surface area contributed by atoms with Gasteiger partial charge in [0.2, 0.25) is 5.91 Å². The minimum Gasteiger partial charge on any atom is -0.495 e. The van der Waals surface area contributed by atoms with Crippen molar-refractivity contribution in [1.29, 1.82) is 0 Å². The number of carbonyl (C=O) groups is 1. The summed E-state index contributed by atoms with van der Waals surface area (Å²) in [6.45, 7) is 2.46. The van der Waals surface area contributed by atoms with Crippen molar-refractivity contribution in [2.24, 2.45) is 0 Å². The Bertz CT molecular complexity index is 1350. The Hall–Kier alpha value is -2.77. The maximum absolute atomic E-state index is 13.9. The summed E-state index contributed by atoms with van der Waals surface area (Å²) < 4.78 is 6.89. The van der Waals surface area contributed by atoms with Gasteiger partial charge >= 0.3 is 0 Å². The summed E-state index contributed by atoms with van der Waals surface area (Å²) >= 11 is 7.46. The van der Waals surface area contributed by atoms with Crippen LogP contribution in [0.5, 0.6) is 5.75 Å². The molecule has 182 valence electrons. The lowest BCUT2D eigenvalue weighted by Crippen LogP contribution is -2.40. The second kappa shape index (κ2) is 9.70. The SMILES string of the molecule is CCn1c(SCC(=O)Nc2ccc(OC)c(Cl)c2)nc2c(c1=O)C1(CCCC1)Cc1ccccc1-2. The van der Waals surface area contributed by atoms with Crippen LogP contribution in [0.2, 0.25) is 5.02 Å².